The predicted molar refractivity (Wildman–Crippen MR) is 105 cm³/mol. The summed E-state index contributed by atoms with van der Waals surface area (Å²) >= 11 is 0. The Morgan fingerprint density at radius 2 is 2.00 bits per heavy atom. The van der Waals surface area contributed by atoms with E-state index in [9.17, 15) is 13.2 Å². The minimum atomic E-state index is -3.29. The molecule has 140 valence electrons. The number of carbonyl (C=O) groups excluding carboxylic acids is 1. The van der Waals surface area contributed by atoms with Crippen LogP contribution >= 0.6 is 0 Å². The van der Waals surface area contributed by atoms with Gasteiger partial charge in [-0.05, 0) is 49.2 Å². The summed E-state index contributed by atoms with van der Waals surface area (Å²) in [5.41, 5.74) is 3.33. The molecule has 8 heteroatoms. The summed E-state index contributed by atoms with van der Waals surface area (Å²) in [5, 5.41) is 2.84. The number of imidazole rings is 1. The van der Waals surface area contributed by atoms with Crippen molar-refractivity contribution in [3.05, 3.63) is 54.4 Å². The normalized spacial score (nSPS) is 16.4. The van der Waals surface area contributed by atoms with Crippen LogP contribution in [0.4, 0.5) is 11.4 Å². The average molecular weight is 384 g/mol. The number of aryl methyl sites for hydroxylation is 1. The van der Waals surface area contributed by atoms with E-state index in [0.29, 0.717) is 29.9 Å². The summed E-state index contributed by atoms with van der Waals surface area (Å²) in [5.74, 6) is -0.102. The lowest BCUT2D eigenvalue weighted by Gasteiger charge is -2.28. The van der Waals surface area contributed by atoms with Gasteiger partial charge < -0.3 is 9.88 Å². The zero-order valence-electron chi connectivity index (χ0n) is 14.9. The van der Waals surface area contributed by atoms with Crippen molar-refractivity contribution in [2.45, 2.75) is 12.8 Å². The number of carbonyl (C=O) groups is 1. The van der Waals surface area contributed by atoms with Crippen LogP contribution in [-0.4, -0.2) is 36.2 Å². The van der Waals surface area contributed by atoms with Crippen LogP contribution in [0.1, 0.15) is 23.2 Å². The summed E-state index contributed by atoms with van der Waals surface area (Å²) < 4.78 is 27.9. The van der Waals surface area contributed by atoms with Gasteiger partial charge in [-0.1, -0.05) is 6.07 Å². The van der Waals surface area contributed by atoms with E-state index in [4.69, 9.17) is 0 Å². The van der Waals surface area contributed by atoms with Gasteiger partial charge in [0.15, 0.2) is 0 Å². The van der Waals surface area contributed by atoms with Gasteiger partial charge in [0.1, 0.15) is 0 Å². The van der Waals surface area contributed by atoms with Crippen LogP contribution in [0, 0.1) is 0 Å². The number of nitrogens with zero attached hydrogens (tertiary/aromatic N) is 3. The van der Waals surface area contributed by atoms with Crippen molar-refractivity contribution in [3.8, 4) is 0 Å². The molecule has 1 aromatic heterocycles. The molecular weight excluding hydrogens is 364 g/mol. The van der Waals surface area contributed by atoms with E-state index in [1.54, 1.807) is 42.7 Å². The molecule has 7 nitrogen and oxygen atoms in total. The molecule has 0 radical (unpaired) electrons. The summed E-state index contributed by atoms with van der Waals surface area (Å²) in [6.07, 6.45) is 3.22. The summed E-state index contributed by atoms with van der Waals surface area (Å²) in [7, 11) is -1.39. The first-order valence-electron chi connectivity index (χ1n) is 8.77. The number of benzene rings is 2. The molecule has 1 amide bonds. The van der Waals surface area contributed by atoms with E-state index >= 15 is 0 Å². The lowest BCUT2D eigenvalue weighted by atomic mass is 10.1. The Morgan fingerprint density at radius 1 is 1.15 bits per heavy atom. The zero-order chi connectivity index (χ0) is 19.0. The van der Waals surface area contributed by atoms with Gasteiger partial charge in [-0.25, -0.2) is 13.4 Å². The minimum Gasteiger partial charge on any atom is -0.334 e. The number of sulfonamides is 1. The van der Waals surface area contributed by atoms with Gasteiger partial charge in [-0.2, -0.15) is 0 Å². The Labute approximate surface area is 157 Å². The van der Waals surface area contributed by atoms with Crippen LogP contribution in [0.2, 0.25) is 0 Å². The third kappa shape index (κ3) is 3.40. The molecular formula is C19H20N4O3S. The maximum Gasteiger partial charge on any atom is 0.255 e. The Kier molecular flexibility index (Phi) is 4.35. The highest BCUT2D eigenvalue weighted by molar-refractivity contribution is 7.92. The topological polar surface area (TPSA) is 84.3 Å². The highest BCUT2D eigenvalue weighted by Gasteiger charge is 2.26. The molecule has 2 heterocycles. The van der Waals surface area contributed by atoms with Crippen molar-refractivity contribution in [1.29, 1.82) is 0 Å². The van der Waals surface area contributed by atoms with Crippen molar-refractivity contribution < 1.29 is 13.2 Å². The second-order valence-corrected chi connectivity index (χ2v) is 8.67. The second kappa shape index (κ2) is 6.70. The first-order chi connectivity index (χ1) is 12.9. The standard InChI is InChI=1S/C19H20N4O3S/c1-22-13-20-17-11-14(7-8-18(17)22)19(24)21-15-5-4-6-16(12-15)23-9-2-3-10-27(23,25)26/h4-8,11-13H,2-3,9-10H2,1H3,(H,21,24). The van der Waals surface area contributed by atoms with Crippen LogP contribution in [0.5, 0.6) is 0 Å². The monoisotopic (exact) mass is 384 g/mol. The average Bonchev–Trinajstić information content (AvgIpc) is 3.02. The van der Waals surface area contributed by atoms with Gasteiger partial charge in [0, 0.05) is 24.8 Å². The molecule has 0 saturated carbocycles. The molecule has 1 fully saturated rings. The van der Waals surface area contributed by atoms with Gasteiger partial charge in [0.05, 0.1) is 28.8 Å². The molecule has 27 heavy (non-hydrogen) atoms. The third-order valence-corrected chi connectivity index (χ3v) is 6.60. The largest absolute Gasteiger partial charge is 0.334 e. The molecule has 0 spiro atoms. The van der Waals surface area contributed by atoms with Crippen LogP contribution in [0.25, 0.3) is 11.0 Å². The third-order valence-electron chi connectivity index (χ3n) is 4.73. The lowest BCUT2D eigenvalue weighted by Crippen LogP contribution is -2.37. The Bertz CT molecular complexity index is 1120. The van der Waals surface area contributed by atoms with Crippen molar-refractivity contribution in [1.82, 2.24) is 9.55 Å². The molecule has 0 unspecified atom stereocenters. The van der Waals surface area contributed by atoms with Crippen molar-refractivity contribution in [2.24, 2.45) is 7.05 Å². The maximum atomic E-state index is 12.6. The summed E-state index contributed by atoms with van der Waals surface area (Å²) in [6.45, 7) is 0.468. The molecule has 1 N–H and O–H groups in total. The van der Waals surface area contributed by atoms with Gasteiger partial charge in [0.25, 0.3) is 5.91 Å². The fourth-order valence-electron chi connectivity index (χ4n) is 3.30. The zero-order valence-corrected chi connectivity index (χ0v) is 15.7. The molecule has 2 aromatic carbocycles. The molecule has 0 bridgehead atoms. The second-order valence-electron chi connectivity index (χ2n) is 6.66. The highest BCUT2D eigenvalue weighted by atomic mass is 32.2. The van der Waals surface area contributed by atoms with Crippen molar-refractivity contribution in [2.75, 3.05) is 21.9 Å². The Hall–Kier alpha value is -2.87. The molecule has 0 aliphatic carbocycles. The van der Waals surface area contributed by atoms with E-state index in [0.717, 1.165) is 17.5 Å². The number of nitrogens with one attached hydrogen (secondary N) is 1. The Balaban J connectivity index is 1.57. The smallest absolute Gasteiger partial charge is 0.255 e. The van der Waals surface area contributed by atoms with Gasteiger partial charge in [0.2, 0.25) is 10.0 Å². The molecule has 3 aromatic rings. The maximum absolute atomic E-state index is 12.6. The molecule has 0 atom stereocenters. The number of anilines is 2. The fourth-order valence-corrected chi connectivity index (χ4v) is 4.93. The Morgan fingerprint density at radius 3 is 2.81 bits per heavy atom. The van der Waals surface area contributed by atoms with Crippen molar-refractivity contribution in [3.63, 3.8) is 0 Å². The van der Waals surface area contributed by atoms with E-state index in [1.165, 1.54) is 4.31 Å². The van der Waals surface area contributed by atoms with Gasteiger partial charge in [-0.3, -0.25) is 9.10 Å². The quantitative estimate of drug-likeness (QED) is 0.753. The van der Waals surface area contributed by atoms with Crippen LogP contribution in [0.15, 0.2) is 48.8 Å². The number of amides is 1. The predicted octanol–water partition coefficient (Wildman–Crippen LogP) is 2.76. The lowest BCUT2D eigenvalue weighted by molar-refractivity contribution is 0.102. The highest BCUT2D eigenvalue weighted by Crippen LogP contribution is 2.26. The summed E-state index contributed by atoms with van der Waals surface area (Å²) in [6, 6.07) is 12.3. The van der Waals surface area contributed by atoms with Gasteiger partial charge in [-0.15, -0.1) is 0 Å². The number of fused-ring (bicyclic) bond motifs is 1. The van der Waals surface area contributed by atoms with Gasteiger partial charge >= 0.3 is 0 Å². The molecule has 1 saturated heterocycles. The summed E-state index contributed by atoms with van der Waals surface area (Å²) in [4.78, 5) is 16.9. The molecule has 1 aliphatic rings. The van der Waals surface area contributed by atoms with E-state index in [2.05, 4.69) is 10.3 Å². The fraction of sp³-hybridized carbons (Fsp3) is 0.263. The van der Waals surface area contributed by atoms with E-state index < -0.39 is 10.0 Å². The first-order valence-corrected chi connectivity index (χ1v) is 10.4. The van der Waals surface area contributed by atoms with Crippen LogP contribution < -0.4 is 9.62 Å². The van der Waals surface area contributed by atoms with Crippen LogP contribution in [-0.2, 0) is 17.1 Å². The number of hydrogen-bond donors (Lipinski definition) is 1. The van der Waals surface area contributed by atoms with Crippen LogP contribution in [0.3, 0.4) is 0 Å². The number of rotatable bonds is 3. The first kappa shape index (κ1) is 17.5. The number of aromatic nitrogens is 2. The number of hydrogen-bond acceptors (Lipinski definition) is 4. The molecule has 1 aliphatic heterocycles. The van der Waals surface area contributed by atoms with E-state index in [-0.39, 0.29) is 11.7 Å². The van der Waals surface area contributed by atoms with Crippen molar-refractivity contribution >= 4 is 38.3 Å². The van der Waals surface area contributed by atoms with E-state index in [1.807, 2.05) is 17.7 Å². The SMILES string of the molecule is Cn1cnc2cc(C(=O)Nc3cccc(N4CCCCS4(=O)=O)c3)ccc21. The molecule has 4 rings (SSSR count). The minimum absolute atomic E-state index is 0.160.